The minimum atomic E-state index is -2.51. The highest BCUT2D eigenvalue weighted by Gasteiger charge is 2.34. The molecule has 2 rings (SSSR count). The lowest BCUT2D eigenvalue weighted by Crippen LogP contribution is -2.35. The Kier molecular flexibility index (Phi) is 4.01. The molecule has 1 aromatic rings. The molecule has 0 aromatic heterocycles. The Balaban J connectivity index is 2.28. The summed E-state index contributed by atoms with van der Waals surface area (Å²) < 4.78 is 25.1. The van der Waals surface area contributed by atoms with Crippen LogP contribution in [0.2, 0.25) is 0 Å². The molecular weight excluding hydrogens is 264 g/mol. The topological polar surface area (TPSA) is 58.7 Å². The van der Waals surface area contributed by atoms with Crippen molar-refractivity contribution in [2.24, 2.45) is 16.6 Å². The molecule has 0 fully saturated rings. The second-order valence-electron chi connectivity index (χ2n) is 5.24. The van der Waals surface area contributed by atoms with Crippen LogP contribution < -0.4 is 5.73 Å². The predicted octanol–water partition coefficient (Wildman–Crippen LogP) is 3.11. The molecule has 1 heterocycles. The molecule has 0 spiro atoms. The first-order chi connectivity index (χ1) is 9.40. The van der Waals surface area contributed by atoms with E-state index in [1.807, 2.05) is 13.8 Å². The van der Waals surface area contributed by atoms with Gasteiger partial charge in [-0.3, -0.25) is 0 Å². The summed E-state index contributed by atoms with van der Waals surface area (Å²) in [7, 11) is 0. The quantitative estimate of drug-likeness (QED) is 0.921. The number of urea groups is 1. The van der Waals surface area contributed by atoms with E-state index in [1.54, 1.807) is 17.0 Å². The molecule has 6 heteroatoms. The molecule has 0 aliphatic carbocycles. The van der Waals surface area contributed by atoms with Crippen LogP contribution in [0, 0.1) is 5.92 Å². The number of benzene rings is 1. The van der Waals surface area contributed by atoms with Crippen LogP contribution in [0.3, 0.4) is 0 Å². The second kappa shape index (κ2) is 5.56. The summed E-state index contributed by atoms with van der Waals surface area (Å²) in [4.78, 5) is 17.2. The van der Waals surface area contributed by atoms with Crippen LogP contribution in [-0.4, -0.2) is 23.3 Å². The summed E-state index contributed by atoms with van der Waals surface area (Å²) in [5, 5.41) is 0. The maximum Gasteiger partial charge on any atom is 0.346 e. The molecule has 0 radical (unpaired) electrons. The Morgan fingerprint density at radius 3 is 2.40 bits per heavy atom. The Bertz CT molecular complexity index is 526. The van der Waals surface area contributed by atoms with Crippen molar-refractivity contribution < 1.29 is 13.6 Å². The van der Waals surface area contributed by atoms with Crippen molar-refractivity contribution in [2.75, 3.05) is 6.54 Å². The summed E-state index contributed by atoms with van der Waals surface area (Å²) in [5.74, 6) is 0.475. The zero-order valence-electron chi connectivity index (χ0n) is 11.4. The minimum Gasteiger partial charge on any atom is -0.385 e. The summed E-state index contributed by atoms with van der Waals surface area (Å²) in [6, 6.07) is 5.00. The van der Waals surface area contributed by atoms with E-state index in [4.69, 9.17) is 5.73 Å². The van der Waals surface area contributed by atoms with Gasteiger partial charge in [0.15, 0.2) is 0 Å². The lowest BCUT2D eigenvalue weighted by atomic mass is 10.0. The molecule has 1 aliphatic heterocycles. The fraction of sp³-hybridized carbons (Fsp3) is 0.429. The van der Waals surface area contributed by atoms with Gasteiger partial charge >= 0.3 is 6.03 Å². The van der Waals surface area contributed by atoms with E-state index in [2.05, 4.69) is 4.99 Å². The average molecular weight is 281 g/mol. The lowest BCUT2D eigenvalue weighted by molar-refractivity contribution is 0.151. The molecule has 0 saturated heterocycles. The van der Waals surface area contributed by atoms with Gasteiger partial charge in [0.05, 0.1) is 0 Å². The SMILES string of the molecule is CC(C)CN1C(=O)N=C(N)C1c1ccc(C(F)F)cc1. The van der Waals surface area contributed by atoms with Crippen LogP contribution in [0.25, 0.3) is 0 Å². The van der Waals surface area contributed by atoms with E-state index >= 15 is 0 Å². The molecule has 2 N–H and O–H groups in total. The number of hydrogen-bond acceptors (Lipinski definition) is 2. The van der Waals surface area contributed by atoms with Gasteiger partial charge in [-0.2, -0.15) is 4.99 Å². The number of amides is 2. The first kappa shape index (κ1) is 14.4. The largest absolute Gasteiger partial charge is 0.385 e. The number of carbonyl (C=O) groups is 1. The van der Waals surface area contributed by atoms with Gasteiger partial charge in [-0.25, -0.2) is 13.6 Å². The van der Waals surface area contributed by atoms with Crippen LogP contribution in [-0.2, 0) is 0 Å². The van der Waals surface area contributed by atoms with Crippen molar-refractivity contribution in [1.29, 1.82) is 0 Å². The van der Waals surface area contributed by atoms with E-state index in [9.17, 15) is 13.6 Å². The number of nitrogens with zero attached hydrogens (tertiary/aromatic N) is 2. The molecule has 1 aliphatic rings. The van der Waals surface area contributed by atoms with Crippen molar-refractivity contribution in [2.45, 2.75) is 26.3 Å². The van der Waals surface area contributed by atoms with Gasteiger partial charge in [0.1, 0.15) is 11.9 Å². The highest BCUT2D eigenvalue weighted by atomic mass is 19.3. The van der Waals surface area contributed by atoms with Crippen molar-refractivity contribution in [3.05, 3.63) is 35.4 Å². The Labute approximate surface area is 116 Å². The van der Waals surface area contributed by atoms with Crippen LogP contribution in [0.15, 0.2) is 29.3 Å². The van der Waals surface area contributed by atoms with Gasteiger partial charge < -0.3 is 10.6 Å². The second-order valence-corrected chi connectivity index (χ2v) is 5.24. The lowest BCUT2D eigenvalue weighted by Gasteiger charge is -2.26. The van der Waals surface area contributed by atoms with Crippen molar-refractivity contribution in [3.8, 4) is 0 Å². The van der Waals surface area contributed by atoms with Crippen LogP contribution in [0.5, 0.6) is 0 Å². The zero-order chi connectivity index (χ0) is 14.9. The van der Waals surface area contributed by atoms with Crippen molar-refractivity contribution in [1.82, 2.24) is 4.90 Å². The molecule has 2 amide bonds. The van der Waals surface area contributed by atoms with E-state index in [1.165, 1.54) is 12.1 Å². The maximum absolute atomic E-state index is 12.6. The summed E-state index contributed by atoms with van der Waals surface area (Å²) in [6.45, 7) is 4.49. The minimum absolute atomic E-state index is 0.0519. The molecule has 20 heavy (non-hydrogen) atoms. The molecule has 1 aromatic carbocycles. The third-order valence-electron chi connectivity index (χ3n) is 3.13. The molecule has 0 saturated carbocycles. The number of aliphatic imine (C=N–C) groups is 1. The van der Waals surface area contributed by atoms with Crippen LogP contribution >= 0.6 is 0 Å². The van der Waals surface area contributed by atoms with E-state index in [0.29, 0.717) is 12.1 Å². The number of carbonyl (C=O) groups excluding carboxylic acids is 1. The summed E-state index contributed by atoms with van der Waals surface area (Å²) >= 11 is 0. The average Bonchev–Trinajstić information content (AvgIpc) is 2.64. The molecule has 4 nitrogen and oxygen atoms in total. The fourth-order valence-corrected chi connectivity index (χ4v) is 2.26. The van der Waals surface area contributed by atoms with Crippen molar-refractivity contribution in [3.63, 3.8) is 0 Å². The summed E-state index contributed by atoms with van der Waals surface area (Å²) in [6.07, 6.45) is -2.51. The highest BCUT2D eigenvalue weighted by Crippen LogP contribution is 2.29. The predicted molar refractivity (Wildman–Crippen MR) is 72.7 cm³/mol. The first-order valence-electron chi connectivity index (χ1n) is 6.42. The Hall–Kier alpha value is -1.98. The molecule has 0 bridgehead atoms. The van der Waals surface area contributed by atoms with Gasteiger partial charge in [0.2, 0.25) is 0 Å². The summed E-state index contributed by atoms with van der Waals surface area (Å²) in [5.41, 5.74) is 6.45. The van der Waals surface area contributed by atoms with Gasteiger partial charge in [-0.1, -0.05) is 38.1 Å². The van der Waals surface area contributed by atoms with Gasteiger partial charge in [-0.05, 0) is 11.5 Å². The van der Waals surface area contributed by atoms with Crippen molar-refractivity contribution >= 4 is 11.9 Å². The molecular formula is C14H17F2N3O. The van der Waals surface area contributed by atoms with Gasteiger partial charge in [0, 0.05) is 12.1 Å². The first-order valence-corrected chi connectivity index (χ1v) is 6.42. The molecule has 1 unspecified atom stereocenters. The maximum atomic E-state index is 12.6. The van der Waals surface area contributed by atoms with E-state index in [0.717, 1.165) is 0 Å². The number of alkyl halides is 2. The molecule has 1 atom stereocenters. The third kappa shape index (κ3) is 2.79. The van der Waals surface area contributed by atoms with Gasteiger partial charge in [-0.15, -0.1) is 0 Å². The smallest absolute Gasteiger partial charge is 0.346 e. The van der Waals surface area contributed by atoms with E-state index in [-0.39, 0.29) is 23.3 Å². The Morgan fingerprint density at radius 1 is 1.30 bits per heavy atom. The Morgan fingerprint density at radius 2 is 1.90 bits per heavy atom. The normalized spacial score (nSPS) is 19.1. The number of rotatable bonds is 4. The van der Waals surface area contributed by atoms with Crippen LogP contribution in [0.4, 0.5) is 13.6 Å². The number of amidine groups is 1. The van der Waals surface area contributed by atoms with Crippen LogP contribution in [0.1, 0.15) is 37.4 Å². The monoisotopic (exact) mass is 281 g/mol. The zero-order valence-corrected chi connectivity index (χ0v) is 11.4. The van der Waals surface area contributed by atoms with Gasteiger partial charge in [0.25, 0.3) is 6.43 Å². The third-order valence-corrected chi connectivity index (χ3v) is 3.13. The van der Waals surface area contributed by atoms with E-state index < -0.39 is 12.5 Å². The standard InChI is InChI=1S/C14H17F2N3O/c1-8(2)7-19-11(13(17)18-14(19)20)9-3-5-10(6-4-9)12(15)16/h3-6,8,11-12H,7H2,1-2H3,(H2,17,18,20). The number of halogens is 2. The highest BCUT2D eigenvalue weighted by molar-refractivity contribution is 6.03. The fourth-order valence-electron chi connectivity index (χ4n) is 2.26. The number of hydrogen-bond donors (Lipinski definition) is 1. The number of nitrogens with two attached hydrogens (primary N) is 1. The molecule has 108 valence electrons.